The van der Waals surface area contributed by atoms with Gasteiger partial charge in [-0.2, -0.15) is 0 Å². The number of para-hydroxylation sites is 2. The fraction of sp³-hybridized carbons (Fsp3) is 0.217. The first kappa shape index (κ1) is 20.2. The third kappa shape index (κ3) is 4.93. The molecule has 0 bridgehead atoms. The molecule has 1 fully saturated rings. The summed E-state index contributed by atoms with van der Waals surface area (Å²) in [7, 11) is -0.560. The lowest BCUT2D eigenvalue weighted by Gasteiger charge is -2.32. The molecule has 150 valence electrons. The molecule has 1 N–H and O–H groups in total. The van der Waals surface area contributed by atoms with Crippen LogP contribution in [0, 0.1) is 6.92 Å². The molecule has 4 nitrogen and oxygen atoms in total. The van der Waals surface area contributed by atoms with E-state index < -0.39 is 19.6 Å². The minimum Gasteiger partial charge on any atom is -0.593 e. The van der Waals surface area contributed by atoms with Gasteiger partial charge in [0.1, 0.15) is 0 Å². The van der Waals surface area contributed by atoms with Gasteiger partial charge in [-0.15, -0.1) is 4.72 Å². The van der Waals surface area contributed by atoms with Crippen LogP contribution in [0.15, 0.2) is 89.8 Å². The minimum absolute atomic E-state index is 0.560. The normalized spacial score (nSPS) is 15.7. The number of rotatable bonds is 7. The zero-order valence-corrected chi connectivity index (χ0v) is 18.3. The molecule has 1 unspecified atom stereocenters. The van der Waals surface area contributed by atoms with Gasteiger partial charge in [-0.25, -0.2) is 0 Å². The lowest BCUT2D eigenvalue weighted by atomic mass is 10.2. The van der Waals surface area contributed by atoms with Crippen LogP contribution < -0.4 is 14.1 Å². The molecule has 1 saturated heterocycles. The zero-order valence-electron chi connectivity index (χ0n) is 16.6. The molecule has 1 atom stereocenters. The van der Waals surface area contributed by atoms with Crippen LogP contribution in [-0.2, 0) is 11.4 Å². The first-order valence-electron chi connectivity index (χ1n) is 9.87. The third-order valence-electron chi connectivity index (χ3n) is 4.97. The van der Waals surface area contributed by atoms with Gasteiger partial charge in [-0.3, -0.25) is 0 Å². The monoisotopic (exact) mass is 423 g/mol. The third-order valence-corrected chi connectivity index (χ3v) is 8.74. The molecule has 0 amide bonds. The van der Waals surface area contributed by atoms with Gasteiger partial charge in [-0.1, -0.05) is 54.1 Å². The van der Waals surface area contributed by atoms with Crippen molar-refractivity contribution in [3.05, 3.63) is 90.5 Å². The first-order valence-corrected chi connectivity index (χ1v) is 12.4. The van der Waals surface area contributed by atoms with Gasteiger partial charge in [0.25, 0.3) is 0 Å². The van der Waals surface area contributed by atoms with Crippen LogP contribution in [0.25, 0.3) is 0 Å². The fourth-order valence-electron chi connectivity index (χ4n) is 3.50. The molecule has 4 rings (SSSR count). The smallest absolute Gasteiger partial charge is 0.173 e. The van der Waals surface area contributed by atoms with E-state index >= 15 is 0 Å². The van der Waals surface area contributed by atoms with Crippen molar-refractivity contribution >= 4 is 31.0 Å². The van der Waals surface area contributed by atoms with E-state index in [2.05, 4.69) is 74.7 Å². The summed E-state index contributed by atoms with van der Waals surface area (Å²) in [6.07, 6.45) is 0.941. The van der Waals surface area contributed by atoms with Crippen LogP contribution in [0.3, 0.4) is 0 Å². The van der Waals surface area contributed by atoms with E-state index in [-0.39, 0.29) is 0 Å². The van der Waals surface area contributed by atoms with Crippen LogP contribution in [0.2, 0.25) is 0 Å². The fourth-order valence-corrected chi connectivity index (χ4v) is 6.98. The number of aryl methyl sites for hydroxylation is 1. The molecule has 0 aliphatic carbocycles. The highest BCUT2D eigenvalue weighted by atomic mass is 32.2. The number of benzene rings is 3. The molecular weight excluding hydrogens is 397 g/mol. The molecule has 29 heavy (non-hydrogen) atoms. The van der Waals surface area contributed by atoms with Gasteiger partial charge in [-0.05, 0) is 43.3 Å². The molecule has 3 aromatic rings. The van der Waals surface area contributed by atoms with Gasteiger partial charge in [0.05, 0.1) is 19.6 Å². The molecule has 1 heterocycles. The Morgan fingerprint density at radius 1 is 0.828 bits per heavy atom. The van der Waals surface area contributed by atoms with Gasteiger partial charge in [0.2, 0.25) is 0 Å². The summed E-state index contributed by atoms with van der Waals surface area (Å²) in [5.41, 5.74) is 3.70. The first-order chi connectivity index (χ1) is 14.2. The largest absolute Gasteiger partial charge is 0.593 e. The van der Waals surface area contributed by atoms with Crippen molar-refractivity contribution in [3.63, 3.8) is 0 Å². The van der Waals surface area contributed by atoms with Gasteiger partial charge >= 0.3 is 0 Å². The summed E-state index contributed by atoms with van der Waals surface area (Å²) in [6, 6.07) is 29.1. The van der Waals surface area contributed by atoms with Crippen LogP contribution in [0.1, 0.15) is 5.56 Å². The summed E-state index contributed by atoms with van der Waals surface area (Å²) in [5.74, 6) is 0. The van der Waals surface area contributed by atoms with Crippen molar-refractivity contribution in [3.8, 4) is 0 Å². The van der Waals surface area contributed by atoms with E-state index in [1.54, 1.807) is 0 Å². The van der Waals surface area contributed by atoms with Crippen LogP contribution >= 0.6 is 8.22 Å². The molecule has 1 aliphatic rings. The molecule has 0 saturated carbocycles. The molecule has 0 radical (unpaired) electrons. The van der Waals surface area contributed by atoms with E-state index in [0.717, 1.165) is 24.1 Å². The highest BCUT2D eigenvalue weighted by Gasteiger charge is 2.32. The maximum atomic E-state index is 12.6. The van der Waals surface area contributed by atoms with Crippen molar-refractivity contribution in [2.24, 2.45) is 0 Å². The molecule has 0 spiro atoms. The maximum Gasteiger partial charge on any atom is 0.173 e. The Labute approximate surface area is 177 Å². The quantitative estimate of drug-likeness (QED) is 0.431. The highest BCUT2D eigenvalue weighted by Crippen LogP contribution is 2.52. The summed E-state index contributed by atoms with van der Waals surface area (Å²) >= 11 is -1.18. The Hall–Kier alpha value is -2.04. The number of nitrogens with one attached hydrogen (secondary N) is 1. The standard InChI is InChI=1S/C23H26N3OPS/c1-20-12-14-23(15-13-20)29(27)24-16-19-28-25(21-8-4-2-5-9-21)17-18-26(28)22-10-6-3-7-11-22/h2-15,24H,16-19H2,1H3. The average molecular weight is 424 g/mol. The minimum atomic E-state index is -1.18. The van der Waals surface area contributed by atoms with Crippen molar-refractivity contribution < 1.29 is 4.55 Å². The van der Waals surface area contributed by atoms with E-state index in [4.69, 9.17) is 0 Å². The van der Waals surface area contributed by atoms with Gasteiger partial charge < -0.3 is 13.9 Å². The Kier molecular flexibility index (Phi) is 6.73. The summed E-state index contributed by atoms with van der Waals surface area (Å²) in [5, 5.41) is 0. The number of anilines is 2. The van der Waals surface area contributed by atoms with Gasteiger partial charge in [0.15, 0.2) is 4.90 Å². The van der Waals surface area contributed by atoms with E-state index in [9.17, 15) is 4.55 Å². The predicted octanol–water partition coefficient (Wildman–Crippen LogP) is 4.95. The average Bonchev–Trinajstić information content (AvgIpc) is 3.19. The zero-order chi connectivity index (χ0) is 20.1. The second kappa shape index (κ2) is 9.64. The lowest BCUT2D eigenvalue weighted by molar-refractivity contribution is 0.583. The summed E-state index contributed by atoms with van der Waals surface area (Å²) < 4.78 is 20.9. The van der Waals surface area contributed by atoms with E-state index in [1.165, 1.54) is 16.9 Å². The van der Waals surface area contributed by atoms with Crippen molar-refractivity contribution in [1.82, 2.24) is 4.72 Å². The number of hydrogen-bond donors (Lipinski definition) is 1. The number of nitrogens with zero attached hydrogens (tertiary/aromatic N) is 2. The lowest BCUT2D eigenvalue weighted by Crippen LogP contribution is -2.29. The maximum absolute atomic E-state index is 12.6. The molecule has 1 aliphatic heterocycles. The Bertz CT molecular complexity index is 848. The molecule has 3 aromatic carbocycles. The van der Waals surface area contributed by atoms with E-state index in [1.807, 2.05) is 31.2 Å². The topological polar surface area (TPSA) is 41.6 Å². The Balaban J connectivity index is 1.46. The molecule has 6 heteroatoms. The van der Waals surface area contributed by atoms with Crippen LogP contribution in [-0.4, -0.2) is 30.3 Å². The molecule has 0 aromatic heterocycles. The van der Waals surface area contributed by atoms with Crippen molar-refractivity contribution in [1.29, 1.82) is 0 Å². The molecular formula is C23H26N3OPS. The second-order valence-corrected chi connectivity index (χ2v) is 10.4. The van der Waals surface area contributed by atoms with E-state index in [0.29, 0.717) is 6.54 Å². The number of hydrogen-bond acceptors (Lipinski definition) is 4. The Morgan fingerprint density at radius 3 is 1.86 bits per heavy atom. The SMILES string of the molecule is Cc1ccc([S+]([O-])NCCP2N(c3ccccc3)CCN2c2ccccc2)cc1. The summed E-state index contributed by atoms with van der Waals surface area (Å²) in [6.45, 7) is 4.76. The second-order valence-electron chi connectivity index (χ2n) is 6.99. The van der Waals surface area contributed by atoms with Gasteiger partial charge in [0, 0.05) is 37.2 Å². The predicted molar refractivity (Wildman–Crippen MR) is 125 cm³/mol. The van der Waals surface area contributed by atoms with Crippen LogP contribution in [0.4, 0.5) is 11.4 Å². The van der Waals surface area contributed by atoms with Crippen molar-refractivity contribution in [2.75, 3.05) is 35.1 Å². The summed E-state index contributed by atoms with van der Waals surface area (Å²) in [4.78, 5) is 0.828. The van der Waals surface area contributed by atoms with Crippen LogP contribution in [0.5, 0.6) is 0 Å². The Morgan fingerprint density at radius 2 is 1.34 bits per heavy atom. The highest BCUT2D eigenvalue weighted by molar-refractivity contribution is 7.89. The van der Waals surface area contributed by atoms with Crippen molar-refractivity contribution in [2.45, 2.75) is 11.8 Å².